The Bertz CT molecular complexity index is 631. The number of hydrogen-bond acceptors (Lipinski definition) is 3. The summed E-state index contributed by atoms with van der Waals surface area (Å²) in [5.41, 5.74) is 2.59. The zero-order valence-corrected chi connectivity index (χ0v) is 10.8. The predicted molar refractivity (Wildman–Crippen MR) is 76.6 cm³/mol. The molecule has 0 unspecified atom stereocenters. The van der Waals surface area contributed by atoms with Crippen LogP contribution in [0.15, 0.2) is 54.2 Å². The largest absolute Gasteiger partial charge is 0.309 e. The molecule has 0 bridgehead atoms. The van der Waals surface area contributed by atoms with E-state index in [2.05, 4.69) is 46.0 Å². The molecule has 0 saturated carbocycles. The van der Waals surface area contributed by atoms with Crippen LogP contribution in [0.3, 0.4) is 0 Å². The monoisotopic (exact) mass is 254 g/mol. The van der Waals surface area contributed by atoms with Crippen molar-refractivity contribution < 1.29 is 0 Å². The topological polar surface area (TPSA) is 24.9 Å². The number of benzene rings is 1. The van der Waals surface area contributed by atoms with E-state index in [1.165, 1.54) is 21.2 Å². The molecule has 3 aromatic rings. The van der Waals surface area contributed by atoms with E-state index in [9.17, 15) is 0 Å². The lowest BCUT2D eigenvalue weighted by Crippen LogP contribution is -2.12. The minimum atomic E-state index is 0.859. The van der Waals surface area contributed by atoms with Gasteiger partial charge < -0.3 is 5.32 Å². The normalized spacial score (nSPS) is 10.9. The molecule has 1 aromatic carbocycles. The molecule has 0 saturated heterocycles. The van der Waals surface area contributed by atoms with Gasteiger partial charge in [0.1, 0.15) is 0 Å². The van der Waals surface area contributed by atoms with Crippen molar-refractivity contribution in [2.75, 3.05) is 0 Å². The van der Waals surface area contributed by atoms with Crippen LogP contribution in [-0.4, -0.2) is 4.98 Å². The zero-order valence-electron chi connectivity index (χ0n) is 9.97. The molecule has 0 atom stereocenters. The van der Waals surface area contributed by atoms with E-state index in [0.717, 1.165) is 13.1 Å². The van der Waals surface area contributed by atoms with Crippen LogP contribution >= 0.6 is 11.3 Å². The van der Waals surface area contributed by atoms with Crippen LogP contribution in [0.5, 0.6) is 0 Å². The van der Waals surface area contributed by atoms with Gasteiger partial charge in [-0.25, -0.2) is 0 Å². The quantitative estimate of drug-likeness (QED) is 0.769. The summed E-state index contributed by atoms with van der Waals surface area (Å²) in [5.74, 6) is 0. The van der Waals surface area contributed by atoms with Gasteiger partial charge in [-0.1, -0.05) is 24.3 Å². The van der Waals surface area contributed by atoms with Gasteiger partial charge in [0.25, 0.3) is 0 Å². The molecule has 0 amide bonds. The van der Waals surface area contributed by atoms with Gasteiger partial charge in [0, 0.05) is 30.2 Å². The van der Waals surface area contributed by atoms with Crippen molar-refractivity contribution in [2.24, 2.45) is 0 Å². The third-order valence-corrected chi connectivity index (χ3v) is 3.94. The molecular formula is C15H14N2S. The second kappa shape index (κ2) is 5.29. The summed E-state index contributed by atoms with van der Waals surface area (Å²) in [6.07, 6.45) is 3.70. The first-order chi connectivity index (χ1) is 8.93. The van der Waals surface area contributed by atoms with Crippen molar-refractivity contribution in [3.63, 3.8) is 0 Å². The first kappa shape index (κ1) is 11.4. The van der Waals surface area contributed by atoms with Crippen molar-refractivity contribution in [2.45, 2.75) is 13.1 Å². The smallest absolute Gasteiger partial charge is 0.0346 e. The van der Waals surface area contributed by atoms with Gasteiger partial charge in [-0.2, -0.15) is 0 Å². The van der Waals surface area contributed by atoms with Gasteiger partial charge in [0.2, 0.25) is 0 Å². The molecule has 2 aromatic heterocycles. The second-order valence-electron chi connectivity index (χ2n) is 4.22. The maximum Gasteiger partial charge on any atom is 0.0346 e. The molecule has 18 heavy (non-hydrogen) atoms. The summed E-state index contributed by atoms with van der Waals surface area (Å²) in [6, 6.07) is 12.6. The third kappa shape index (κ3) is 2.42. The molecule has 3 heteroatoms. The lowest BCUT2D eigenvalue weighted by molar-refractivity contribution is 0.696. The molecule has 0 radical (unpaired) electrons. The zero-order chi connectivity index (χ0) is 12.2. The highest BCUT2D eigenvalue weighted by Gasteiger charge is 2.02. The van der Waals surface area contributed by atoms with E-state index in [-0.39, 0.29) is 0 Å². The van der Waals surface area contributed by atoms with Gasteiger partial charge in [0.15, 0.2) is 0 Å². The van der Waals surface area contributed by atoms with Crippen LogP contribution in [0, 0.1) is 0 Å². The van der Waals surface area contributed by atoms with Gasteiger partial charge in [-0.3, -0.25) is 4.98 Å². The van der Waals surface area contributed by atoms with Crippen molar-refractivity contribution in [1.82, 2.24) is 10.3 Å². The van der Waals surface area contributed by atoms with E-state index in [0.29, 0.717) is 0 Å². The number of rotatable bonds is 4. The summed E-state index contributed by atoms with van der Waals surface area (Å²) in [7, 11) is 0. The Kier molecular flexibility index (Phi) is 3.35. The number of fused-ring (bicyclic) bond motifs is 1. The third-order valence-electron chi connectivity index (χ3n) is 2.93. The maximum absolute atomic E-state index is 4.11. The van der Waals surface area contributed by atoms with Crippen molar-refractivity contribution in [3.05, 3.63) is 65.3 Å². The highest BCUT2D eigenvalue weighted by molar-refractivity contribution is 7.17. The number of thiophene rings is 1. The predicted octanol–water partition coefficient (Wildman–Crippen LogP) is 3.59. The number of hydrogen-bond donors (Lipinski definition) is 1. The van der Waals surface area contributed by atoms with Gasteiger partial charge in [0.05, 0.1) is 0 Å². The lowest BCUT2D eigenvalue weighted by atomic mass is 10.2. The number of pyridine rings is 1. The summed E-state index contributed by atoms with van der Waals surface area (Å²) in [4.78, 5) is 4.11. The standard InChI is InChI=1S/C15H14N2S/c1-2-6-15-14(5-1)13(11-18-15)10-17-9-12-4-3-7-16-8-12/h1-8,11,17H,9-10H2. The number of nitrogens with one attached hydrogen (secondary N) is 1. The van der Waals surface area contributed by atoms with Crippen molar-refractivity contribution >= 4 is 21.4 Å². The average molecular weight is 254 g/mol. The van der Waals surface area contributed by atoms with Crippen LogP contribution in [0.2, 0.25) is 0 Å². The minimum Gasteiger partial charge on any atom is -0.309 e. The molecule has 0 aliphatic heterocycles. The number of nitrogens with zero attached hydrogens (tertiary/aromatic N) is 1. The summed E-state index contributed by atoms with van der Waals surface area (Å²) in [6.45, 7) is 1.76. The Labute approximate surface area is 110 Å². The van der Waals surface area contributed by atoms with Crippen LogP contribution in [0.1, 0.15) is 11.1 Å². The average Bonchev–Trinajstić information content (AvgIpc) is 2.84. The molecule has 0 aliphatic rings. The molecular weight excluding hydrogens is 240 g/mol. The Morgan fingerprint density at radius 3 is 2.89 bits per heavy atom. The molecule has 1 N–H and O–H groups in total. The molecule has 90 valence electrons. The molecule has 0 aliphatic carbocycles. The fourth-order valence-electron chi connectivity index (χ4n) is 2.01. The number of aromatic nitrogens is 1. The van der Waals surface area contributed by atoms with Crippen molar-refractivity contribution in [3.8, 4) is 0 Å². The first-order valence-corrected chi connectivity index (χ1v) is 6.86. The van der Waals surface area contributed by atoms with E-state index >= 15 is 0 Å². The van der Waals surface area contributed by atoms with E-state index in [1.807, 2.05) is 23.6 Å². The Balaban J connectivity index is 1.67. The van der Waals surface area contributed by atoms with Gasteiger partial charge in [-0.05, 0) is 34.0 Å². The molecule has 3 rings (SSSR count). The fourth-order valence-corrected chi connectivity index (χ4v) is 2.98. The SMILES string of the molecule is c1cncc(CNCc2csc3ccccc23)c1. The molecule has 0 spiro atoms. The highest BCUT2D eigenvalue weighted by atomic mass is 32.1. The molecule has 2 nitrogen and oxygen atoms in total. The summed E-state index contributed by atoms with van der Waals surface area (Å²) >= 11 is 1.81. The van der Waals surface area contributed by atoms with Crippen molar-refractivity contribution in [1.29, 1.82) is 0 Å². The fraction of sp³-hybridized carbons (Fsp3) is 0.133. The Hall–Kier alpha value is -1.71. The summed E-state index contributed by atoms with van der Waals surface area (Å²) in [5, 5.41) is 7.06. The van der Waals surface area contributed by atoms with E-state index in [1.54, 1.807) is 6.20 Å². The van der Waals surface area contributed by atoms with E-state index in [4.69, 9.17) is 0 Å². The molecule has 2 heterocycles. The Morgan fingerprint density at radius 1 is 1.06 bits per heavy atom. The van der Waals surface area contributed by atoms with Gasteiger partial charge in [-0.15, -0.1) is 11.3 Å². The van der Waals surface area contributed by atoms with Crippen LogP contribution < -0.4 is 5.32 Å². The van der Waals surface area contributed by atoms with Crippen LogP contribution in [-0.2, 0) is 13.1 Å². The van der Waals surface area contributed by atoms with Crippen LogP contribution in [0.4, 0.5) is 0 Å². The Morgan fingerprint density at radius 2 is 2.00 bits per heavy atom. The maximum atomic E-state index is 4.11. The summed E-state index contributed by atoms with van der Waals surface area (Å²) < 4.78 is 1.36. The minimum absolute atomic E-state index is 0.859. The molecule has 0 fully saturated rings. The van der Waals surface area contributed by atoms with E-state index < -0.39 is 0 Å². The van der Waals surface area contributed by atoms with Gasteiger partial charge >= 0.3 is 0 Å². The van der Waals surface area contributed by atoms with Crippen LogP contribution in [0.25, 0.3) is 10.1 Å². The second-order valence-corrected chi connectivity index (χ2v) is 5.13. The lowest BCUT2D eigenvalue weighted by Gasteiger charge is -2.03. The first-order valence-electron chi connectivity index (χ1n) is 5.98. The highest BCUT2D eigenvalue weighted by Crippen LogP contribution is 2.25.